The number of carbonyl (C=O) groups excluding carboxylic acids is 1. The van der Waals surface area contributed by atoms with Crippen molar-refractivity contribution in [3.05, 3.63) is 88.4 Å². The number of rotatable bonds is 5. The van der Waals surface area contributed by atoms with Gasteiger partial charge in [0.1, 0.15) is 17.6 Å². The van der Waals surface area contributed by atoms with Crippen LogP contribution in [0.25, 0.3) is 0 Å². The van der Waals surface area contributed by atoms with Crippen molar-refractivity contribution in [1.82, 2.24) is 9.62 Å². The van der Waals surface area contributed by atoms with Crippen LogP contribution in [0.5, 0.6) is 11.5 Å². The van der Waals surface area contributed by atoms with Gasteiger partial charge in [-0.25, -0.2) is 8.42 Å². The van der Waals surface area contributed by atoms with Crippen molar-refractivity contribution in [3.8, 4) is 11.5 Å². The maximum absolute atomic E-state index is 13.4. The summed E-state index contributed by atoms with van der Waals surface area (Å²) in [5.74, 6) is 0.869. The van der Waals surface area contributed by atoms with Crippen molar-refractivity contribution < 1.29 is 22.7 Å². The Morgan fingerprint density at radius 3 is 2.59 bits per heavy atom. The smallest absolute Gasteiger partial charge is 0.251 e. The fourth-order valence-corrected chi connectivity index (χ4v) is 6.05. The first-order valence-corrected chi connectivity index (χ1v) is 12.8. The zero-order valence-corrected chi connectivity index (χ0v) is 19.8. The van der Waals surface area contributed by atoms with Crippen LogP contribution in [0.4, 0.5) is 0 Å². The van der Waals surface area contributed by atoms with Gasteiger partial charge in [-0.15, -0.1) is 0 Å². The number of amides is 1. The van der Waals surface area contributed by atoms with E-state index in [-0.39, 0.29) is 34.7 Å². The van der Waals surface area contributed by atoms with Gasteiger partial charge in [0.2, 0.25) is 10.0 Å². The zero-order valence-electron chi connectivity index (χ0n) is 18.2. The third-order valence-corrected chi connectivity index (χ3v) is 8.29. The molecule has 0 bridgehead atoms. The van der Waals surface area contributed by atoms with Crippen molar-refractivity contribution in [3.63, 3.8) is 0 Å². The molecule has 1 unspecified atom stereocenters. The van der Waals surface area contributed by atoms with E-state index in [0.29, 0.717) is 31.1 Å². The molecule has 0 aromatic heterocycles. The third-order valence-electron chi connectivity index (χ3n) is 5.96. The van der Waals surface area contributed by atoms with E-state index < -0.39 is 15.9 Å². The molecule has 176 valence electrons. The number of hydrogen-bond donors (Lipinski definition) is 1. The number of sulfonamides is 1. The van der Waals surface area contributed by atoms with E-state index in [0.717, 1.165) is 11.1 Å². The number of hydrogen-bond acceptors (Lipinski definition) is 5. The molecule has 0 radical (unpaired) electrons. The first kappa shape index (κ1) is 22.7. The van der Waals surface area contributed by atoms with Crippen LogP contribution >= 0.6 is 11.6 Å². The number of nitrogens with one attached hydrogen (secondary N) is 1. The lowest BCUT2D eigenvalue weighted by Gasteiger charge is -2.28. The molecular formula is C25H23ClN2O5S. The van der Waals surface area contributed by atoms with Crippen molar-refractivity contribution in [1.29, 1.82) is 0 Å². The molecule has 1 atom stereocenters. The first-order chi connectivity index (χ1) is 16.4. The van der Waals surface area contributed by atoms with Crippen molar-refractivity contribution >= 4 is 27.5 Å². The minimum Gasteiger partial charge on any atom is -0.486 e. The molecule has 0 fully saturated rings. The predicted octanol–water partition coefficient (Wildman–Crippen LogP) is 3.66. The van der Waals surface area contributed by atoms with Crippen molar-refractivity contribution in [2.24, 2.45) is 0 Å². The highest BCUT2D eigenvalue weighted by Gasteiger charge is 2.31. The summed E-state index contributed by atoms with van der Waals surface area (Å²) in [6.07, 6.45) is 0.266. The Kier molecular flexibility index (Phi) is 6.20. The Hall–Kier alpha value is -3.07. The maximum atomic E-state index is 13.4. The van der Waals surface area contributed by atoms with Gasteiger partial charge < -0.3 is 14.8 Å². The van der Waals surface area contributed by atoms with Gasteiger partial charge in [0.15, 0.2) is 11.5 Å². The van der Waals surface area contributed by atoms with Gasteiger partial charge >= 0.3 is 0 Å². The summed E-state index contributed by atoms with van der Waals surface area (Å²) in [5, 5.41) is 2.87. The van der Waals surface area contributed by atoms with E-state index in [1.54, 1.807) is 6.07 Å². The van der Waals surface area contributed by atoms with Crippen molar-refractivity contribution in [2.45, 2.75) is 24.0 Å². The zero-order chi connectivity index (χ0) is 23.7. The van der Waals surface area contributed by atoms with E-state index in [1.807, 2.05) is 42.5 Å². The van der Waals surface area contributed by atoms with Crippen LogP contribution in [-0.4, -0.2) is 44.4 Å². The van der Waals surface area contributed by atoms with Gasteiger partial charge in [-0.05, 0) is 47.9 Å². The Bertz CT molecular complexity index is 1340. The first-order valence-electron chi connectivity index (χ1n) is 10.9. The van der Waals surface area contributed by atoms with Crippen LogP contribution in [0.1, 0.15) is 21.5 Å². The summed E-state index contributed by atoms with van der Waals surface area (Å²) < 4.78 is 39.7. The van der Waals surface area contributed by atoms with Crippen LogP contribution in [0.3, 0.4) is 0 Å². The fraction of sp³-hybridized carbons (Fsp3) is 0.240. The second-order valence-corrected chi connectivity index (χ2v) is 10.5. The molecule has 2 heterocycles. The molecule has 0 saturated heterocycles. The Morgan fingerprint density at radius 1 is 1.03 bits per heavy atom. The number of nitrogens with zero attached hydrogens (tertiary/aromatic N) is 1. The topological polar surface area (TPSA) is 84.9 Å². The van der Waals surface area contributed by atoms with Gasteiger partial charge in [-0.2, -0.15) is 4.31 Å². The van der Waals surface area contributed by atoms with Gasteiger partial charge in [0.05, 0.1) is 11.6 Å². The molecule has 34 heavy (non-hydrogen) atoms. The summed E-state index contributed by atoms with van der Waals surface area (Å²) >= 11 is 6.28. The number of para-hydroxylation sites is 2. The van der Waals surface area contributed by atoms with Gasteiger partial charge in [0, 0.05) is 18.7 Å². The molecule has 0 saturated carbocycles. The van der Waals surface area contributed by atoms with Crippen LogP contribution in [0.2, 0.25) is 5.02 Å². The van der Waals surface area contributed by atoms with Crippen molar-refractivity contribution in [2.75, 3.05) is 19.7 Å². The lowest BCUT2D eigenvalue weighted by Crippen LogP contribution is -2.40. The average Bonchev–Trinajstić information content (AvgIpc) is 2.87. The third kappa shape index (κ3) is 4.49. The molecule has 1 N–H and O–H groups in total. The summed E-state index contributed by atoms with van der Waals surface area (Å²) in [6.45, 7) is 1.13. The highest BCUT2D eigenvalue weighted by Crippen LogP contribution is 2.31. The second kappa shape index (κ2) is 9.29. The maximum Gasteiger partial charge on any atom is 0.251 e. The summed E-state index contributed by atoms with van der Waals surface area (Å²) in [5.41, 5.74) is 2.32. The molecule has 5 rings (SSSR count). The van der Waals surface area contributed by atoms with E-state index in [4.69, 9.17) is 21.1 Å². The number of halogens is 1. The summed E-state index contributed by atoms with van der Waals surface area (Å²) in [7, 11) is -3.88. The van der Waals surface area contributed by atoms with E-state index in [1.165, 1.54) is 22.5 Å². The van der Waals surface area contributed by atoms with E-state index in [2.05, 4.69) is 5.32 Å². The monoisotopic (exact) mass is 498 g/mol. The average molecular weight is 499 g/mol. The number of benzene rings is 3. The SMILES string of the molecule is O=C(NCC1COc2ccccc2O1)c1ccc(Cl)c(S(=O)(=O)N2CCc3ccccc3C2)c1. The normalized spacial score (nSPS) is 17.6. The highest BCUT2D eigenvalue weighted by atomic mass is 35.5. The lowest BCUT2D eigenvalue weighted by atomic mass is 10.0. The van der Waals surface area contributed by atoms with Crippen LogP contribution in [0, 0.1) is 0 Å². The second-order valence-electron chi connectivity index (χ2n) is 8.21. The molecule has 2 aliphatic heterocycles. The quantitative estimate of drug-likeness (QED) is 0.580. The minimum absolute atomic E-state index is 0.0765. The lowest BCUT2D eigenvalue weighted by molar-refractivity contribution is 0.0789. The molecule has 9 heteroatoms. The van der Waals surface area contributed by atoms with Crippen LogP contribution in [0.15, 0.2) is 71.6 Å². The van der Waals surface area contributed by atoms with Gasteiger partial charge in [0.25, 0.3) is 5.91 Å². The molecule has 7 nitrogen and oxygen atoms in total. The highest BCUT2D eigenvalue weighted by molar-refractivity contribution is 7.89. The molecule has 3 aromatic carbocycles. The standard InChI is InChI=1S/C25H23ClN2O5S/c26-21-10-9-18(25(29)27-14-20-16-32-22-7-3-4-8-23(22)33-20)13-24(21)34(30,31)28-12-11-17-5-1-2-6-19(17)15-28/h1-10,13,20H,11-12,14-16H2,(H,27,29). The largest absolute Gasteiger partial charge is 0.486 e. The van der Waals surface area contributed by atoms with Gasteiger partial charge in [-0.1, -0.05) is 48.0 Å². The molecule has 0 spiro atoms. The van der Waals surface area contributed by atoms with E-state index in [9.17, 15) is 13.2 Å². The minimum atomic E-state index is -3.88. The Balaban J connectivity index is 1.29. The molecular weight excluding hydrogens is 476 g/mol. The Morgan fingerprint density at radius 2 is 1.76 bits per heavy atom. The number of carbonyl (C=O) groups is 1. The summed E-state index contributed by atoms with van der Waals surface area (Å²) in [4.78, 5) is 12.7. The molecule has 2 aliphatic rings. The van der Waals surface area contributed by atoms with Crippen LogP contribution in [-0.2, 0) is 23.0 Å². The summed E-state index contributed by atoms with van der Waals surface area (Å²) in [6, 6.07) is 19.4. The molecule has 3 aromatic rings. The van der Waals surface area contributed by atoms with Crippen LogP contribution < -0.4 is 14.8 Å². The predicted molar refractivity (Wildman–Crippen MR) is 128 cm³/mol. The van der Waals surface area contributed by atoms with Gasteiger partial charge in [-0.3, -0.25) is 4.79 Å². The Labute approximate surface area is 203 Å². The number of ether oxygens (including phenoxy) is 2. The van der Waals surface area contributed by atoms with E-state index >= 15 is 0 Å². The number of fused-ring (bicyclic) bond motifs is 2. The molecule has 1 amide bonds. The molecule has 0 aliphatic carbocycles. The fourth-order valence-electron chi connectivity index (χ4n) is 4.13.